The van der Waals surface area contributed by atoms with Gasteiger partial charge in [-0.2, -0.15) is 0 Å². The maximum atomic E-state index is 15.2. The number of ether oxygens (including phenoxy) is 1. The fraction of sp³-hybridized carbons (Fsp3) is 0.136. The number of nitrogens with one attached hydrogen (secondary N) is 1. The number of benzene rings is 1. The van der Waals surface area contributed by atoms with Gasteiger partial charge >= 0.3 is 0 Å². The lowest BCUT2D eigenvalue weighted by Gasteiger charge is -2.12. The Balaban J connectivity index is 1.67. The zero-order valence-electron chi connectivity index (χ0n) is 15.5. The fourth-order valence-electron chi connectivity index (χ4n) is 3.15. The Hall–Kier alpha value is -3.54. The average molecular weight is 375 g/mol. The van der Waals surface area contributed by atoms with Crippen LogP contribution in [0.2, 0.25) is 0 Å². The van der Waals surface area contributed by atoms with Gasteiger partial charge in [0.05, 0.1) is 11.3 Å². The van der Waals surface area contributed by atoms with Gasteiger partial charge in [-0.25, -0.2) is 9.37 Å². The summed E-state index contributed by atoms with van der Waals surface area (Å²) in [6.07, 6.45) is 3.19. The third-order valence-corrected chi connectivity index (χ3v) is 4.56. The van der Waals surface area contributed by atoms with E-state index in [0.717, 1.165) is 5.69 Å². The Morgan fingerprint density at radius 3 is 2.82 bits per heavy atom. The molecule has 5 nitrogen and oxygen atoms in total. The molecule has 0 saturated carbocycles. The number of rotatable bonds is 5. The first-order valence-electron chi connectivity index (χ1n) is 8.86. The number of fused-ring (bicyclic) bond motifs is 1. The summed E-state index contributed by atoms with van der Waals surface area (Å²) in [5.74, 6) is -1.06. The number of aromatic amines is 1. The third kappa shape index (κ3) is 3.24. The van der Waals surface area contributed by atoms with Gasteiger partial charge in [0.15, 0.2) is 17.3 Å². The molecule has 3 heterocycles. The molecule has 4 aromatic rings. The lowest BCUT2D eigenvalue weighted by atomic mass is 9.98. The van der Waals surface area contributed by atoms with Crippen molar-refractivity contribution in [3.05, 3.63) is 88.8 Å². The third-order valence-electron chi connectivity index (χ3n) is 4.56. The minimum Gasteiger partial charge on any atom is -0.484 e. The van der Waals surface area contributed by atoms with Crippen molar-refractivity contribution in [1.82, 2.24) is 15.0 Å². The van der Waals surface area contributed by atoms with E-state index in [0.29, 0.717) is 27.9 Å². The van der Waals surface area contributed by atoms with Crippen molar-refractivity contribution in [3.63, 3.8) is 0 Å². The number of aryl methyl sites for hydroxylation is 2. The molecule has 0 radical (unpaired) electrons. The molecular formula is C22H18FN3O2. The molecule has 3 aromatic heterocycles. The second kappa shape index (κ2) is 7.23. The van der Waals surface area contributed by atoms with E-state index < -0.39 is 11.6 Å². The quantitative estimate of drug-likeness (QED) is 0.521. The van der Waals surface area contributed by atoms with E-state index in [-0.39, 0.29) is 17.9 Å². The second-order valence-electron chi connectivity index (χ2n) is 6.56. The SMILES string of the molecule is Cc1cccc(COc2ccc(C)c(C(=O)c3c[nH]c4ncccc34)c2F)n1. The normalized spacial score (nSPS) is 11.0. The minimum absolute atomic E-state index is 0.000505. The van der Waals surface area contributed by atoms with Gasteiger partial charge in [-0.1, -0.05) is 12.1 Å². The van der Waals surface area contributed by atoms with Crippen LogP contribution in [-0.4, -0.2) is 20.7 Å². The van der Waals surface area contributed by atoms with E-state index in [1.165, 1.54) is 6.07 Å². The number of nitrogens with zero attached hydrogens (tertiary/aromatic N) is 2. The Labute approximate surface area is 161 Å². The summed E-state index contributed by atoms with van der Waals surface area (Å²) < 4.78 is 20.8. The number of halogens is 1. The van der Waals surface area contributed by atoms with Crippen LogP contribution in [0, 0.1) is 19.7 Å². The Bertz CT molecular complexity index is 1180. The number of H-pyrrole nitrogens is 1. The van der Waals surface area contributed by atoms with Crippen LogP contribution in [-0.2, 0) is 6.61 Å². The largest absolute Gasteiger partial charge is 0.484 e. The van der Waals surface area contributed by atoms with Crippen LogP contribution in [0.5, 0.6) is 5.75 Å². The van der Waals surface area contributed by atoms with E-state index in [2.05, 4.69) is 15.0 Å². The van der Waals surface area contributed by atoms with Gasteiger partial charge in [0, 0.05) is 29.0 Å². The standard InChI is InChI=1S/C22H18FN3O2/c1-13-8-9-18(28-12-15-6-3-5-14(2)26-15)20(23)19(13)21(27)17-11-25-22-16(17)7-4-10-24-22/h3-11H,12H2,1-2H3,(H,24,25). The Morgan fingerprint density at radius 2 is 2.00 bits per heavy atom. The van der Waals surface area contributed by atoms with Crippen molar-refractivity contribution < 1.29 is 13.9 Å². The van der Waals surface area contributed by atoms with Crippen molar-refractivity contribution in [2.45, 2.75) is 20.5 Å². The summed E-state index contributed by atoms with van der Waals surface area (Å²) in [7, 11) is 0. The first-order chi connectivity index (χ1) is 13.5. The highest BCUT2D eigenvalue weighted by molar-refractivity contribution is 6.16. The van der Waals surface area contributed by atoms with Gasteiger partial charge in [-0.05, 0) is 49.7 Å². The van der Waals surface area contributed by atoms with Crippen LogP contribution < -0.4 is 4.74 Å². The molecule has 0 atom stereocenters. The van der Waals surface area contributed by atoms with E-state index in [1.54, 1.807) is 37.5 Å². The average Bonchev–Trinajstić information content (AvgIpc) is 3.11. The summed E-state index contributed by atoms with van der Waals surface area (Å²) in [6.45, 7) is 3.70. The van der Waals surface area contributed by atoms with Crippen LogP contribution in [0.25, 0.3) is 11.0 Å². The molecule has 0 bridgehead atoms. The molecule has 0 aliphatic heterocycles. The molecule has 6 heteroatoms. The van der Waals surface area contributed by atoms with E-state index >= 15 is 4.39 Å². The smallest absolute Gasteiger partial charge is 0.198 e. The Kier molecular flexibility index (Phi) is 4.61. The predicted molar refractivity (Wildman–Crippen MR) is 104 cm³/mol. The highest BCUT2D eigenvalue weighted by Crippen LogP contribution is 2.28. The van der Waals surface area contributed by atoms with Gasteiger partial charge in [-0.3, -0.25) is 9.78 Å². The van der Waals surface area contributed by atoms with Crippen molar-refractivity contribution in [3.8, 4) is 5.75 Å². The van der Waals surface area contributed by atoms with Gasteiger partial charge in [0.25, 0.3) is 0 Å². The molecule has 0 aliphatic carbocycles. The summed E-state index contributed by atoms with van der Waals surface area (Å²) in [5.41, 5.74) is 3.05. The molecule has 4 rings (SSSR count). The topological polar surface area (TPSA) is 67.9 Å². The summed E-state index contributed by atoms with van der Waals surface area (Å²) in [5, 5.41) is 0.654. The van der Waals surface area contributed by atoms with E-state index in [9.17, 15) is 4.79 Å². The second-order valence-corrected chi connectivity index (χ2v) is 6.56. The lowest BCUT2D eigenvalue weighted by molar-refractivity contribution is 0.103. The zero-order valence-corrected chi connectivity index (χ0v) is 15.5. The number of hydrogen-bond donors (Lipinski definition) is 1. The van der Waals surface area contributed by atoms with Crippen LogP contribution in [0.15, 0.2) is 54.9 Å². The molecule has 0 saturated heterocycles. The summed E-state index contributed by atoms with van der Waals surface area (Å²) >= 11 is 0. The minimum atomic E-state index is -0.670. The Morgan fingerprint density at radius 1 is 1.14 bits per heavy atom. The predicted octanol–water partition coefficient (Wildman–Crippen LogP) is 4.52. The number of carbonyl (C=O) groups is 1. The molecule has 0 unspecified atom stereocenters. The molecule has 0 amide bonds. The van der Waals surface area contributed by atoms with Crippen LogP contribution >= 0.6 is 0 Å². The fourth-order valence-corrected chi connectivity index (χ4v) is 3.15. The highest BCUT2D eigenvalue weighted by atomic mass is 19.1. The number of hydrogen-bond acceptors (Lipinski definition) is 4. The number of ketones is 1. The van der Waals surface area contributed by atoms with Gasteiger partial charge in [-0.15, -0.1) is 0 Å². The number of carbonyl (C=O) groups excluding carboxylic acids is 1. The van der Waals surface area contributed by atoms with Gasteiger partial charge < -0.3 is 9.72 Å². The lowest BCUT2D eigenvalue weighted by Crippen LogP contribution is -2.09. The maximum Gasteiger partial charge on any atom is 0.198 e. The summed E-state index contributed by atoms with van der Waals surface area (Å²) in [6, 6.07) is 12.3. The number of pyridine rings is 2. The van der Waals surface area contributed by atoms with Crippen molar-refractivity contribution in [2.24, 2.45) is 0 Å². The first-order valence-corrected chi connectivity index (χ1v) is 8.86. The molecule has 28 heavy (non-hydrogen) atoms. The van der Waals surface area contributed by atoms with Crippen molar-refractivity contribution in [1.29, 1.82) is 0 Å². The van der Waals surface area contributed by atoms with Crippen LogP contribution in [0.3, 0.4) is 0 Å². The first kappa shape index (κ1) is 17.9. The molecule has 0 aliphatic rings. The number of aromatic nitrogens is 3. The highest BCUT2D eigenvalue weighted by Gasteiger charge is 2.23. The van der Waals surface area contributed by atoms with Gasteiger partial charge in [0.2, 0.25) is 0 Å². The zero-order chi connectivity index (χ0) is 19.7. The maximum absolute atomic E-state index is 15.2. The molecular weight excluding hydrogens is 357 g/mol. The van der Waals surface area contributed by atoms with Crippen LogP contribution in [0.1, 0.15) is 32.9 Å². The van der Waals surface area contributed by atoms with E-state index in [1.807, 2.05) is 25.1 Å². The summed E-state index contributed by atoms with van der Waals surface area (Å²) in [4.78, 5) is 24.5. The van der Waals surface area contributed by atoms with E-state index in [4.69, 9.17) is 4.74 Å². The molecule has 1 N–H and O–H groups in total. The van der Waals surface area contributed by atoms with Crippen LogP contribution in [0.4, 0.5) is 4.39 Å². The molecule has 140 valence electrons. The van der Waals surface area contributed by atoms with Crippen molar-refractivity contribution in [2.75, 3.05) is 0 Å². The molecule has 1 aromatic carbocycles. The van der Waals surface area contributed by atoms with Gasteiger partial charge in [0.1, 0.15) is 12.3 Å². The molecule has 0 fully saturated rings. The van der Waals surface area contributed by atoms with Crippen molar-refractivity contribution >= 4 is 16.8 Å². The monoisotopic (exact) mass is 375 g/mol. The molecule has 0 spiro atoms.